The van der Waals surface area contributed by atoms with E-state index in [0.717, 1.165) is 26.1 Å². The van der Waals surface area contributed by atoms with Crippen LogP contribution in [0.15, 0.2) is 24.3 Å². The molecular formula is C14H21NO2. The molecule has 1 atom stereocenters. The van der Waals surface area contributed by atoms with Gasteiger partial charge in [-0.05, 0) is 26.0 Å². The molecule has 0 saturated carbocycles. The number of nitrogens with one attached hydrogen (secondary N) is 1. The van der Waals surface area contributed by atoms with Crippen molar-refractivity contribution in [3.63, 3.8) is 0 Å². The molecular weight excluding hydrogens is 214 g/mol. The van der Waals surface area contributed by atoms with Crippen molar-refractivity contribution in [3.8, 4) is 0 Å². The molecule has 1 fully saturated rings. The van der Waals surface area contributed by atoms with Gasteiger partial charge in [0.25, 0.3) is 0 Å². The minimum absolute atomic E-state index is 0.0297. The molecule has 3 heteroatoms. The lowest BCUT2D eigenvalue weighted by molar-refractivity contribution is -0.0522. The molecule has 0 spiro atoms. The van der Waals surface area contributed by atoms with Gasteiger partial charge in [-0.2, -0.15) is 0 Å². The van der Waals surface area contributed by atoms with Crippen LogP contribution in [-0.4, -0.2) is 32.6 Å². The van der Waals surface area contributed by atoms with Gasteiger partial charge >= 0.3 is 0 Å². The first kappa shape index (κ1) is 12.6. The third kappa shape index (κ3) is 3.80. The van der Waals surface area contributed by atoms with Crippen molar-refractivity contribution in [1.82, 2.24) is 5.32 Å². The lowest BCUT2D eigenvalue weighted by atomic mass is 10.0. The van der Waals surface area contributed by atoms with Gasteiger partial charge in [0.1, 0.15) is 0 Å². The van der Waals surface area contributed by atoms with Crippen molar-refractivity contribution in [2.24, 2.45) is 0 Å². The average Bonchev–Trinajstić information content (AvgIpc) is 2.84. The Morgan fingerprint density at radius 3 is 2.47 bits per heavy atom. The molecule has 0 bridgehead atoms. The molecule has 2 rings (SSSR count). The van der Waals surface area contributed by atoms with Crippen LogP contribution in [0.3, 0.4) is 0 Å². The first-order chi connectivity index (χ1) is 8.28. The standard InChI is InChI=1S/C14H21NO2/c1-11-3-5-12(6-4-11)9-13(15-2)10-14-16-7-8-17-14/h3-6,13-15H,7-10H2,1-2H3. The van der Waals surface area contributed by atoms with Crippen molar-refractivity contribution in [1.29, 1.82) is 0 Å². The topological polar surface area (TPSA) is 30.5 Å². The Balaban J connectivity index is 1.87. The van der Waals surface area contributed by atoms with Crippen molar-refractivity contribution in [3.05, 3.63) is 35.4 Å². The first-order valence-corrected chi connectivity index (χ1v) is 6.24. The average molecular weight is 235 g/mol. The Morgan fingerprint density at radius 1 is 1.24 bits per heavy atom. The zero-order valence-corrected chi connectivity index (χ0v) is 10.6. The van der Waals surface area contributed by atoms with Crippen molar-refractivity contribution in [2.45, 2.75) is 32.1 Å². The van der Waals surface area contributed by atoms with Gasteiger partial charge in [0.05, 0.1) is 13.2 Å². The normalized spacial score (nSPS) is 18.5. The summed E-state index contributed by atoms with van der Waals surface area (Å²) in [4.78, 5) is 0. The Bertz CT molecular complexity index is 331. The molecule has 1 aliphatic rings. The van der Waals surface area contributed by atoms with Crippen molar-refractivity contribution >= 4 is 0 Å². The molecule has 1 aromatic carbocycles. The fourth-order valence-corrected chi connectivity index (χ4v) is 2.09. The number of aryl methyl sites for hydroxylation is 1. The van der Waals surface area contributed by atoms with Crippen molar-refractivity contribution < 1.29 is 9.47 Å². The van der Waals surface area contributed by atoms with E-state index >= 15 is 0 Å². The van der Waals surface area contributed by atoms with Crippen LogP contribution in [0.4, 0.5) is 0 Å². The minimum Gasteiger partial charge on any atom is -0.350 e. The largest absolute Gasteiger partial charge is 0.350 e. The maximum atomic E-state index is 5.48. The van der Waals surface area contributed by atoms with E-state index in [1.807, 2.05) is 7.05 Å². The molecule has 1 heterocycles. The summed E-state index contributed by atoms with van der Waals surface area (Å²) in [6, 6.07) is 9.10. The van der Waals surface area contributed by atoms with E-state index in [4.69, 9.17) is 9.47 Å². The highest BCUT2D eigenvalue weighted by atomic mass is 16.7. The predicted octanol–water partition coefficient (Wildman–Crippen LogP) is 1.89. The molecule has 0 aromatic heterocycles. The second-order valence-corrected chi connectivity index (χ2v) is 4.58. The minimum atomic E-state index is -0.0297. The van der Waals surface area contributed by atoms with E-state index in [0.29, 0.717) is 6.04 Å². The van der Waals surface area contributed by atoms with E-state index in [1.54, 1.807) is 0 Å². The second-order valence-electron chi connectivity index (χ2n) is 4.58. The number of hydrogen-bond acceptors (Lipinski definition) is 3. The molecule has 1 aliphatic heterocycles. The lowest BCUT2D eigenvalue weighted by Crippen LogP contribution is -2.32. The van der Waals surface area contributed by atoms with Gasteiger partial charge in [-0.15, -0.1) is 0 Å². The Labute approximate surface area is 103 Å². The summed E-state index contributed by atoms with van der Waals surface area (Å²) in [6.45, 7) is 3.57. The highest BCUT2D eigenvalue weighted by Crippen LogP contribution is 2.14. The van der Waals surface area contributed by atoms with Gasteiger partial charge in [0.2, 0.25) is 0 Å². The number of rotatable bonds is 5. The van der Waals surface area contributed by atoms with Gasteiger partial charge < -0.3 is 14.8 Å². The van der Waals surface area contributed by atoms with E-state index in [1.165, 1.54) is 11.1 Å². The van der Waals surface area contributed by atoms with Crippen LogP contribution in [0.5, 0.6) is 0 Å². The summed E-state index contributed by atoms with van der Waals surface area (Å²) in [5.74, 6) is 0. The van der Waals surface area contributed by atoms with Crippen LogP contribution < -0.4 is 5.32 Å². The SMILES string of the molecule is CNC(Cc1ccc(C)cc1)CC1OCCO1. The number of likely N-dealkylation sites (N-methyl/N-ethyl adjacent to an activating group) is 1. The number of hydrogen-bond donors (Lipinski definition) is 1. The Morgan fingerprint density at radius 2 is 1.88 bits per heavy atom. The summed E-state index contributed by atoms with van der Waals surface area (Å²) in [7, 11) is 1.99. The highest BCUT2D eigenvalue weighted by molar-refractivity contribution is 5.22. The summed E-state index contributed by atoms with van der Waals surface area (Å²) in [5, 5.41) is 3.33. The predicted molar refractivity (Wildman–Crippen MR) is 68.0 cm³/mol. The summed E-state index contributed by atoms with van der Waals surface area (Å²) >= 11 is 0. The maximum Gasteiger partial charge on any atom is 0.159 e. The van der Waals surface area contributed by atoms with Gasteiger partial charge in [0, 0.05) is 12.5 Å². The van der Waals surface area contributed by atoms with Crippen LogP contribution in [-0.2, 0) is 15.9 Å². The molecule has 1 saturated heterocycles. The van der Waals surface area contributed by atoms with Gasteiger partial charge in [-0.1, -0.05) is 29.8 Å². The molecule has 94 valence electrons. The number of benzene rings is 1. The summed E-state index contributed by atoms with van der Waals surface area (Å²) in [5.41, 5.74) is 2.66. The third-order valence-corrected chi connectivity index (χ3v) is 3.18. The maximum absolute atomic E-state index is 5.48. The molecule has 1 unspecified atom stereocenters. The van der Waals surface area contributed by atoms with Gasteiger partial charge in [-0.3, -0.25) is 0 Å². The molecule has 3 nitrogen and oxygen atoms in total. The fourth-order valence-electron chi connectivity index (χ4n) is 2.09. The van der Waals surface area contributed by atoms with Crippen LogP contribution >= 0.6 is 0 Å². The molecule has 0 radical (unpaired) electrons. The molecule has 1 aromatic rings. The highest BCUT2D eigenvalue weighted by Gasteiger charge is 2.20. The number of ether oxygens (including phenoxy) is 2. The van der Waals surface area contributed by atoms with Crippen molar-refractivity contribution in [2.75, 3.05) is 20.3 Å². The fraction of sp³-hybridized carbons (Fsp3) is 0.571. The van der Waals surface area contributed by atoms with E-state index in [-0.39, 0.29) is 6.29 Å². The first-order valence-electron chi connectivity index (χ1n) is 6.24. The monoisotopic (exact) mass is 235 g/mol. The zero-order valence-electron chi connectivity index (χ0n) is 10.6. The molecule has 0 amide bonds. The van der Waals surface area contributed by atoms with E-state index in [2.05, 4.69) is 36.5 Å². The van der Waals surface area contributed by atoms with Gasteiger partial charge in [0.15, 0.2) is 6.29 Å². The zero-order chi connectivity index (χ0) is 12.1. The Hall–Kier alpha value is -0.900. The van der Waals surface area contributed by atoms with Crippen LogP contribution in [0.1, 0.15) is 17.5 Å². The third-order valence-electron chi connectivity index (χ3n) is 3.18. The molecule has 1 N–H and O–H groups in total. The molecule has 17 heavy (non-hydrogen) atoms. The quantitative estimate of drug-likeness (QED) is 0.845. The lowest BCUT2D eigenvalue weighted by Gasteiger charge is -2.19. The summed E-state index contributed by atoms with van der Waals surface area (Å²) in [6.07, 6.45) is 1.89. The summed E-state index contributed by atoms with van der Waals surface area (Å²) < 4.78 is 11.0. The second kappa shape index (κ2) is 6.15. The smallest absolute Gasteiger partial charge is 0.159 e. The van der Waals surface area contributed by atoms with E-state index in [9.17, 15) is 0 Å². The molecule has 0 aliphatic carbocycles. The Kier molecular flexibility index (Phi) is 4.54. The van der Waals surface area contributed by atoms with Crippen LogP contribution in [0.2, 0.25) is 0 Å². The van der Waals surface area contributed by atoms with Gasteiger partial charge in [-0.25, -0.2) is 0 Å². The van der Waals surface area contributed by atoms with E-state index < -0.39 is 0 Å². The van der Waals surface area contributed by atoms with Crippen LogP contribution in [0, 0.1) is 6.92 Å². The van der Waals surface area contributed by atoms with Crippen LogP contribution in [0.25, 0.3) is 0 Å².